The second kappa shape index (κ2) is 6.97. The molecule has 1 atom stereocenters. The average molecular weight is 352 g/mol. The van der Waals surface area contributed by atoms with Crippen LogP contribution in [0.15, 0.2) is 12.1 Å². The number of methoxy groups -OCH3 is 1. The van der Waals surface area contributed by atoms with Crippen molar-refractivity contribution in [2.45, 2.75) is 25.3 Å². The summed E-state index contributed by atoms with van der Waals surface area (Å²) in [6.45, 7) is 1.15. The number of carbonyl (C=O) groups is 2. The summed E-state index contributed by atoms with van der Waals surface area (Å²) < 4.78 is 10.0. The van der Waals surface area contributed by atoms with Gasteiger partial charge in [-0.2, -0.15) is 5.26 Å². The van der Waals surface area contributed by atoms with E-state index in [9.17, 15) is 14.9 Å². The van der Waals surface area contributed by atoms with E-state index in [1.807, 2.05) is 0 Å². The van der Waals surface area contributed by atoms with E-state index >= 15 is 0 Å². The largest absolute Gasteiger partial charge is 0.496 e. The molecule has 0 unspecified atom stereocenters. The molecule has 1 aliphatic rings. The Balaban J connectivity index is 1.99. The van der Waals surface area contributed by atoms with Crippen molar-refractivity contribution in [3.8, 4) is 11.8 Å². The number of anilines is 1. The molecule has 0 aromatic heterocycles. The molecule has 0 heterocycles. The van der Waals surface area contributed by atoms with Crippen molar-refractivity contribution in [3.63, 3.8) is 0 Å². The second-order valence-electron chi connectivity index (χ2n) is 5.79. The average Bonchev–Trinajstić information content (AvgIpc) is 3.40. The number of nitriles is 1. The molecule has 24 heavy (non-hydrogen) atoms. The van der Waals surface area contributed by atoms with E-state index in [2.05, 4.69) is 11.4 Å². The van der Waals surface area contributed by atoms with Crippen molar-refractivity contribution < 1.29 is 19.1 Å². The van der Waals surface area contributed by atoms with E-state index in [0.717, 1.165) is 12.8 Å². The molecule has 0 bridgehead atoms. The van der Waals surface area contributed by atoms with Gasteiger partial charge < -0.3 is 20.5 Å². The van der Waals surface area contributed by atoms with Gasteiger partial charge in [-0.3, -0.25) is 4.79 Å². The maximum absolute atomic E-state index is 12.1. The lowest BCUT2D eigenvalue weighted by molar-refractivity contribution is -0.125. The fourth-order valence-corrected chi connectivity index (χ4v) is 2.48. The molecule has 1 aromatic carbocycles. The summed E-state index contributed by atoms with van der Waals surface area (Å²) in [5.41, 5.74) is 5.03. The molecule has 1 aliphatic carbocycles. The highest BCUT2D eigenvalue weighted by atomic mass is 35.5. The van der Waals surface area contributed by atoms with Crippen molar-refractivity contribution in [1.29, 1.82) is 5.26 Å². The number of carbonyl (C=O) groups excluding carboxylic acids is 2. The summed E-state index contributed by atoms with van der Waals surface area (Å²) in [5, 5.41) is 12.0. The number of benzene rings is 1. The van der Waals surface area contributed by atoms with Gasteiger partial charge in [0.25, 0.3) is 5.91 Å². The number of hydrogen-bond donors (Lipinski definition) is 2. The van der Waals surface area contributed by atoms with E-state index in [1.54, 1.807) is 6.92 Å². The van der Waals surface area contributed by atoms with E-state index in [1.165, 1.54) is 19.2 Å². The lowest BCUT2D eigenvalue weighted by Gasteiger charge is -2.22. The Hall–Kier alpha value is -2.46. The summed E-state index contributed by atoms with van der Waals surface area (Å²) in [6.07, 6.45) is 1.79. The zero-order chi connectivity index (χ0) is 17.9. The van der Waals surface area contributed by atoms with Crippen LogP contribution in [0.4, 0.5) is 5.69 Å². The lowest BCUT2D eigenvalue weighted by atomic mass is 9.98. The number of esters is 1. The number of rotatable bonds is 6. The Morgan fingerprint density at radius 3 is 2.71 bits per heavy atom. The molecule has 1 fully saturated rings. The Morgan fingerprint density at radius 2 is 2.17 bits per heavy atom. The predicted molar refractivity (Wildman–Crippen MR) is 87.6 cm³/mol. The Morgan fingerprint density at radius 1 is 1.50 bits per heavy atom. The van der Waals surface area contributed by atoms with Crippen molar-refractivity contribution >= 4 is 29.2 Å². The third kappa shape index (κ3) is 3.89. The molecule has 8 heteroatoms. The lowest BCUT2D eigenvalue weighted by Crippen LogP contribution is -2.48. The van der Waals surface area contributed by atoms with Gasteiger partial charge in [-0.1, -0.05) is 11.6 Å². The molecule has 0 spiro atoms. The van der Waals surface area contributed by atoms with Crippen LogP contribution < -0.4 is 15.8 Å². The topological polar surface area (TPSA) is 114 Å². The Kier molecular flexibility index (Phi) is 5.20. The SMILES string of the molecule is COc1cc(N)c(Cl)cc1C(=O)OCC(=O)N[C@@](C)(C#N)C1CC1. The number of nitrogens with zero attached hydrogens (tertiary/aromatic N) is 1. The number of hydrogen-bond acceptors (Lipinski definition) is 6. The zero-order valence-electron chi connectivity index (χ0n) is 13.4. The van der Waals surface area contributed by atoms with Crippen molar-refractivity contribution in [3.05, 3.63) is 22.7 Å². The van der Waals surface area contributed by atoms with Gasteiger partial charge in [-0.25, -0.2) is 4.79 Å². The minimum Gasteiger partial charge on any atom is -0.496 e. The molecule has 1 amide bonds. The van der Waals surface area contributed by atoms with E-state index < -0.39 is 24.0 Å². The third-order valence-corrected chi connectivity index (χ3v) is 4.23. The molecule has 0 saturated heterocycles. The zero-order valence-corrected chi connectivity index (χ0v) is 14.1. The van der Waals surface area contributed by atoms with Crippen LogP contribution in [0.1, 0.15) is 30.1 Å². The molecular weight excluding hydrogens is 334 g/mol. The monoisotopic (exact) mass is 351 g/mol. The molecule has 1 saturated carbocycles. The fraction of sp³-hybridized carbons (Fsp3) is 0.438. The van der Waals surface area contributed by atoms with Gasteiger partial charge in [0.2, 0.25) is 0 Å². The van der Waals surface area contributed by atoms with Crippen molar-refractivity contribution in [2.24, 2.45) is 5.92 Å². The van der Waals surface area contributed by atoms with Gasteiger partial charge >= 0.3 is 5.97 Å². The maximum Gasteiger partial charge on any atom is 0.342 e. The van der Waals surface area contributed by atoms with E-state index in [4.69, 9.17) is 26.8 Å². The number of nitrogens with one attached hydrogen (secondary N) is 1. The summed E-state index contributed by atoms with van der Waals surface area (Å²) in [5.74, 6) is -0.978. The highest BCUT2D eigenvalue weighted by Gasteiger charge is 2.43. The van der Waals surface area contributed by atoms with Gasteiger partial charge in [0.1, 0.15) is 16.9 Å². The van der Waals surface area contributed by atoms with Gasteiger partial charge in [-0.15, -0.1) is 0 Å². The van der Waals surface area contributed by atoms with E-state index in [-0.39, 0.29) is 27.9 Å². The molecule has 128 valence electrons. The quantitative estimate of drug-likeness (QED) is 0.597. The molecular formula is C16H18ClN3O4. The summed E-state index contributed by atoms with van der Waals surface area (Å²) in [4.78, 5) is 24.1. The third-order valence-electron chi connectivity index (χ3n) is 3.90. The number of amides is 1. The van der Waals surface area contributed by atoms with Gasteiger partial charge in [0, 0.05) is 6.07 Å². The minimum absolute atomic E-state index is 0.0646. The number of nitrogens with two attached hydrogens (primary N) is 1. The highest BCUT2D eigenvalue weighted by Crippen LogP contribution is 2.39. The highest BCUT2D eigenvalue weighted by molar-refractivity contribution is 6.33. The first-order valence-electron chi connectivity index (χ1n) is 7.33. The predicted octanol–water partition coefficient (Wildman–Crippen LogP) is 1.90. The molecule has 2 rings (SSSR count). The standard InChI is InChI=1S/C16H18ClN3O4/c1-16(8-18,9-3-4-9)20-14(21)7-24-15(22)10-5-11(17)12(19)6-13(10)23-2/h5-6,9H,3-4,7,19H2,1-2H3,(H,20,21)/t16-/m0/s1. The normalized spacial score (nSPS) is 15.8. The smallest absolute Gasteiger partial charge is 0.342 e. The minimum atomic E-state index is -0.939. The summed E-state index contributed by atoms with van der Waals surface area (Å²) >= 11 is 5.89. The number of halogens is 1. The molecule has 0 radical (unpaired) electrons. The van der Waals surface area contributed by atoms with Crippen LogP contribution in [-0.4, -0.2) is 31.1 Å². The van der Waals surface area contributed by atoms with Gasteiger partial charge in [-0.05, 0) is 31.7 Å². The molecule has 3 N–H and O–H groups in total. The maximum atomic E-state index is 12.1. The molecule has 0 aliphatic heterocycles. The van der Waals surface area contributed by atoms with Gasteiger partial charge in [0.15, 0.2) is 6.61 Å². The van der Waals surface area contributed by atoms with Gasteiger partial charge in [0.05, 0.1) is 23.9 Å². The van der Waals surface area contributed by atoms with Crippen LogP contribution in [0.2, 0.25) is 5.02 Å². The number of ether oxygens (including phenoxy) is 2. The van der Waals surface area contributed by atoms with E-state index in [0.29, 0.717) is 0 Å². The van der Waals surface area contributed by atoms with Crippen LogP contribution in [-0.2, 0) is 9.53 Å². The first-order valence-corrected chi connectivity index (χ1v) is 7.71. The van der Waals surface area contributed by atoms with Crippen LogP contribution in [0, 0.1) is 17.2 Å². The van der Waals surface area contributed by atoms with Crippen LogP contribution in [0.3, 0.4) is 0 Å². The first-order chi connectivity index (χ1) is 11.3. The fourth-order valence-electron chi connectivity index (χ4n) is 2.31. The van der Waals surface area contributed by atoms with Crippen LogP contribution in [0.25, 0.3) is 0 Å². The van der Waals surface area contributed by atoms with Crippen molar-refractivity contribution in [1.82, 2.24) is 5.32 Å². The summed E-state index contributed by atoms with van der Waals surface area (Å²) in [7, 11) is 1.38. The Bertz CT molecular complexity index is 712. The second-order valence-corrected chi connectivity index (χ2v) is 6.19. The molecule has 7 nitrogen and oxygen atoms in total. The Labute approximate surface area is 144 Å². The van der Waals surface area contributed by atoms with Crippen LogP contribution >= 0.6 is 11.6 Å². The van der Waals surface area contributed by atoms with Crippen LogP contribution in [0.5, 0.6) is 5.75 Å². The summed E-state index contributed by atoms with van der Waals surface area (Å²) in [6, 6.07) is 4.82. The van der Waals surface area contributed by atoms with Crippen molar-refractivity contribution in [2.75, 3.05) is 19.5 Å². The number of nitrogen functional groups attached to an aromatic ring is 1. The molecule has 1 aromatic rings. The first kappa shape index (κ1) is 17.9.